The van der Waals surface area contributed by atoms with Crippen LogP contribution in [0.4, 0.5) is 22.7 Å². The minimum atomic E-state index is -3.18. The number of para-hydroxylation sites is 4. The number of aromatic hydroxyl groups is 2. The lowest BCUT2D eigenvalue weighted by molar-refractivity contribution is 0.465. The van der Waals surface area contributed by atoms with Crippen molar-refractivity contribution in [2.45, 2.75) is 238 Å². The molecule has 0 aliphatic rings. The molecule has 10 nitrogen and oxygen atoms in total. The molecule has 0 unspecified atom stereocenters. The zero-order valence-electron chi connectivity index (χ0n) is 81.3. The fourth-order valence-electron chi connectivity index (χ4n) is 14.7. The first-order valence-electron chi connectivity index (χ1n) is 44.9. The van der Waals surface area contributed by atoms with Gasteiger partial charge in [0.2, 0.25) is 20.0 Å². The average Bonchev–Trinajstić information content (AvgIpc) is 0.801. The van der Waals surface area contributed by atoms with Crippen LogP contribution in [0.15, 0.2) is 297 Å². The van der Waals surface area contributed by atoms with Gasteiger partial charge in [-0.15, -0.1) is 0 Å². The van der Waals surface area contributed by atoms with Crippen LogP contribution in [-0.2, 0) is 33.0 Å². The van der Waals surface area contributed by atoms with E-state index in [0.29, 0.717) is 82.9 Å². The summed E-state index contributed by atoms with van der Waals surface area (Å²) in [5.41, 5.74) is 24.0. The van der Waals surface area contributed by atoms with Gasteiger partial charge < -0.3 is 20.4 Å². The first-order valence-corrected chi connectivity index (χ1v) is 48.7. The lowest BCUT2D eigenvalue weighted by atomic mass is 9.95. The third-order valence-electron chi connectivity index (χ3n) is 21.3. The Hall–Kier alpha value is -10.8. The molecule has 676 valence electrons. The summed E-state index contributed by atoms with van der Waals surface area (Å²) in [6, 6.07) is 101. The van der Waals surface area contributed by atoms with Gasteiger partial charge in [0.15, 0.2) is 0 Å². The Labute approximate surface area is 763 Å². The number of sulfonamides is 2. The number of rotatable bonds is 19. The molecule has 5 N–H and O–H groups in total. The number of hydrogen-bond acceptors (Lipinski definition) is 8. The lowest BCUT2D eigenvalue weighted by Crippen LogP contribution is -2.22. The Morgan fingerprint density at radius 3 is 1.02 bits per heavy atom. The predicted molar refractivity (Wildman–Crippen MR) is 551 cm³/mol. The molecule has 0 aliphatic carbocycles. The van der Waals surface area contributed by atoms with E-state index in [2.05, 4.69) is 368 Å². The van der Waals surface area contributed by atoms with Crippen LogP contribution < -0.4 is 19.7 Å². The van der Waals surface area contributed by atoms with E-state index in [9.17, 15) is 27.0 Å². The highest BCUT2D eigenvalue weighted by molar-refractivity contribution is 7.92. The molecule has 0 spiro atoms. The molecule has 12 heteroatoms. The summed E-state index contributed by atoms with van der Waals surface area (Å²) in [5, 5.41) is 27.6. The van der Waals surface area contributed by atoms with Crippen molar-refractivity contribution in [3.63, 3.8) is 0 Å². The van der Waals surface area contributed by atoms with Crippen molar-refractivity contribution >= 4 is 64.3 Å². The van der Waals surface area contributed by atoms with Crippen LogP contribution in [0.1, 0.15) is 288 Å². The van der Waals surface area contributed by atoms with Crippen LogP contribution >= 0.6 is 0 Å². The SMILES string of the molecule is CC(C)c1c(O)ccc2ccccc12.CC(C)c1cc2ccccc2cc1O.CC(C)c1ccccc1CNS(C)(=O)=O.CC(C)c1ccccc1N(C)C.CC(C)c1ccccc1NS(C)(=O)=O.CC(C)c1ccccc1Nc1ccccc1.CCc1ccccc1C(C)C.Cc1ccccc1C(C)C.Cc1ccccc1C(C)C.Cc1ccccc1C(C)C. The summed E-state index contributed by atoms with van der Waals surface area (Å²) in [6.07, 6.45) is 3.48. The third-order valence-corrected chi connectivity index (χ3v) is 22.5. The number of phenolic OH excluding ortho intramolecular Hbond substituents is 2. The van der Waals surface area contributed by atoms with E-state index in [4.69, 9.17) is 0 Å². The maximum atomic E-state index is 11.1. The molecule has 0 saturated heterocycles. The van der Waals surface area contributed by atoms with E-state index < -0.39 is 20.0 Å². The van der Waals surface area contributed by atoms with Gasteiger partial charge in [-0.3, -0.25) is 4.72 Å². The lowest BCUT2D eigenvalue weighted by Gasteiger charge is -2.19. The Morgan fingerprint density at radius 1 is 0.302 bits per heavy atom. The number of hydrogen-bond donors (Lipinski definition) is 5. The van der Waals surface area contributed by atoms with Crippen LogP contribution in [0.3, 0.4) is 0 Å². The molecule has 126 heavy (non-hydrogen) atoms. The number of benzene rings is 13. The van der Waals surface area contributed by atoms with Crippen LogP contribution in [0, 0.1) is 20.8 Å². The van der Waals surface area contributed by atoms with Crippen molar-refractivity contribution in [1.29, 1.82) is 0 Å². The van der Waals surface area contributed by atoms with E-state index in [1.165, 1.54) is 89.6 Å². The summed E-state index contributed by atoms with van der Waals surface area (Å²) in [6.45, 7) is 52.4. The monoisotopic (exact) mass is 1740 g/mol. The van der Waals surface area contributed by atoms with Gasteiger partial charge in [0.25, 0.3) is 0 Å². The number of fused-ring (bicyclic) bond motifs is 2. The molecule has 0 aliphatic heterocycles. The Bertz CT molecular complexity index is 5420. The summed E-state index contributed by atoms with van der Waals surface area (Å²) >= 11 is 0. The normalized spacial score (nSPS) is 10.9. The minimum Gasteiger partial charge on any atom is -0.508 e. The smallest absolute Gasteiger partial charge is 0.229 e. The first kappa shape index (κ1) is 108. The van der Waals surface area contributed by atoms with Crippen molar-refractivity contribution in [2.24, 2.45) is 0 Å². The molecule has 0 bridgehead atoms. The highest BCUT2D eigenvalue weighted by atomic mass is 32.2. The summed E-state index contributed by atoms with van der Waals surface area (Å²) in [7, 11) is -2.13. The molecule has 0 saturated carbocycles. The minimum absolute atomic E-state index is 0.306. The largest absolute Gasteiger partial charge is 0.508 e. The van der Waals surface area contributed by atoms with Gasteiger partial charge in [0, 0.05) is 43.3 Å². The van der Waals surface area contributed by atoms with Crippen LogP contribution in [0.2, 0.25) is 0 Å². The van der Waals surface area contributed by atoms with Crippen molar-refractivity contribution in [3.05, 3.63) is 381 Å². The second-order valence-corrected chi connectivity index (χ2v) is 39.0. The van der Waals surface area contributed by atoms with Crippen molar-refractivity contribution in [2.75, 3.05) is 41.5 Å². The van der Waals surface area contributed by atoms with Gasteiger partial charge in [-0.05, 0) is 234 Å². The van der Waals surface area contributed by atoms with Gasteiger partial charge in [-0.2, -0.15) is 0 Å². The van der Waals surface area contributed by atoms with Gasteiger partial charge in [0.1, 0.15) is 11.5 Å². The van der Waals surface area contributed by atoms with Gasteiger partial charge in [-0.25, -0.2) is 21.6 Å². The highest BCUT2D eigenvalue weighted by Crippen LogP contribution is 2.35. The summed E-state index contributed by atoms with van der Waals surface area (Å²) in [5.74, 6) is 5.98. The maximum absolute atomic E-state index is 11.1. The van der Waals surface area contributed by atoms with E-state index >= 15 is 0 Å². The van der Waals surface area contributed by atoms with Crippen LogP contribution in [-0.4, -0.2) is 53.7 Å². The molecule has 13 aromatic carbocycles. The van der Waals surface area contributed by atoms with E-state index in [-0.39, 0.29) is 0 Å². The number of nitrogens with zero attached hydrogens (tertiary/aromatic N) is 1. The fraction of sp³-hybridized carbons (Fsp3) is 0.351. The fourth-order valence-corrected chi connectivity index (χ4v) is 15.7. The Balaban J connectivity index is 0.000000295. The summed E-state index contributed by atoms with van der Waals surface area (Å²) in [4.78, 5) is 2.16. The number of nitrogens with one attached hydrogen (secondary N) is 3. The van der Waals surface area contributed by atoms with E-state index in [1.54, 1.807) is 12.1 Å². The number of aryl methyl sites for hydroxylation is 4. The number of phenols is 2. The molecule has 0 amide bonds. The Morgan fingerprint density at radius 2 is 0.635 bits per heavy atom. The van der Waals surface area contributed by atoms with Crippen molar-refractivity contribution in [1.82, 2.24) is 4.72 Å². The third kappa shape index (κ3) is 38.2. The standard InChI is InChI=1S/C15H17N.2C13H14O.C11H17NO2S.C11H17N.C11H16.C10H15NO2S.3C10H14/c1-12(2)14-10-6-7-11-15(14)16-13-8-4-3-5-9-13;1-9(2)12-7-10-5-3-4-6-11(10)8-13(12)14;1-9(2)13-11-6-4-3-5-10(11)7-8-12(13)14;1-9(2)11-7-5-4-6-10(11)8-12-15(3,13)14;1-9(2)10-7-5-6-8-11(10)12(3)4;1-4-10-7-5-6-8-11(10)9(2)3;1-8(2)9-6-4-5-7-10(9)11-14(3,12)13;3*1-8(2)10-7-5-4-6-9(10)3/h3-12,16H,1-2H3;2*3-9,14H,1-2H3;4-7,9,12H,8H2,1-3H3;5-9H,1-4H3;5-9H,4H2,1-3H3;4-8,11H,1-3H3;3*4-8H,1-3H3. The van der Waals surface area contributed by atoms with Gasteiger partial charge in [0.05, 0.1) is 18.2 Å². The van der Waals surface area contributed by atoms with Crippen molar-refractivity contribution < 1.29 is 27.0 Å². The molecule has 0 radical (unpaired) electrons. The van der Waals surface area contributed by atoms with Gasteiger partial charge in [-0.1, -0.05) is 394 Å². The van der Waals surface area contributed by atoms with Crippen LogP contribution in [0.25, 0.3) is 21.5 Å². The highest BCUT2D eigenvalue weighted by Gasteiger charge is 2.15. The molecule has 0 heterocycles. The predicted octanol–water partition coefficient (Wildman–Crippen LogP) is 31.5. The Kier molecular flexibility index (Phi) is 46.9. The van der Waals surface area contributed by atoms with Crippen LogP contribution in [0.5, 0.6) is 11.5 Å². The second-order valence-electron chi connectivity index (χ2n) is 35.4. The molecular weight excluding hydrogens is 1590 g/mol. The topological polar surface area (TPSA) is 148 Å². The van der Waals surface area contributed by atoms with Gasteiger partial charge >= 0.3 is 0 Å². The molecule has 0 fully saturated rings. The zero-order chi connectivity index (χ0) is 94.0. The molecular formula is C114H152N4O6S2. The van der Waals surface area contributed by atoms with E-state index in [1.807, 2.05) is 117 Å². The zero-order valence-corrected chi connectivity index (χ0v) is 82.9. The molecule has 13 rings (SSSR count). The average molecular weight is 1740 g/mol. The quantitative estimate of drug-likeness (QED) is 0.0538. The molecule has 13 aromatic rings. The molecule has 0 aromatic heterocycles. The van der Waals surface area contributed by atoms with E-state index in [0.717, 1.165) is 51.4 Å². The first-order chi connectivity index (χ1) is 59.5. The number of anilines is 4. The maximum Gasteiger partial charge on any atom is 0.229 e. The van der Waals surface area contributed by atoms with Crippen molar-refractivity contribution in [3.8, 4) is 11.5 Å². The molecule has 0 atom stereocenters. The summed E-state index contributed by atoms with van der Waals surface area (Å²) < 4.78 is 49.1. The second kappa shape index (κ2) is 55.0.